The quantitative estimate of drug-likeness (QED) is 0.417. The van der Waals surface area contributed by atoms with Crippen molar-refractivity contribution in [3.05, 3.63) is 65.2 Å². The highest BCUT2D eigenvalue weighted by Gasteiger charge is 2.35. The van der Waals surface area contributed by atoms with Crippen LogP contribution >= 0.6 is 58.2 Å². The fourth-order valence-electron chi connectivity index (χ4n) is 1.62. The van der Waals surface area contributed by atoms with Crippen molar-refractivity contribution in [1.82, 2.24) is 5.32 Å². The maximum absolute atomic E-state index is 12.3. The van der Waals surface area contributed by atoms with Gasteiger partial charge in [0, 0.05) is 15.5 Å². The monoisotopic (exact) mass is 393 g/mol. The zero-order valence-electron chi connectivity index (χ0n) is 11.1. The van der Waals surface area contributed by atoms with E-state index >= 15 is 0 Å². The number of hydrogen-bond acceptors (Lipinski definition) is 2. The van der Waals surface area contributed by atoms with Crippen LogP contribution in [0.25, 0.3) is 0 Å². The highest BCUT2D eigenvalue weighted by molar-refractivity contribution is 8.00. The predicted octanol–water partition coefficient (Wildman–Crippen LogP) is 5.56. The molecule has 0 heterocycles. The molecule has 2 nitrogen and oxygen atoms in total. The topological polar surface area (TPSA) is 29.1 Å². The summed E-state index contributed by atoms with van der Waals surface area (Å²) in [5.41, 5.74) is 0.442. The summed E-state index contributed by atoms with van der Waals surface area (Å²) in [7, 11) is 0. The molecule has 0 aliphatic carbocycles. The summed E-state index contributed by atoms with van der Waals surface area (Å²) in [5, 5.41) is 2.54. The number of amides is 1. The minimum absolute atomic E-state index is 0.337. The number of carbonyl (C=O) groups excluding carboxylic acids is 1. The fraction of sp³-hybridized carbons (Fsp3) is 0.133. The van der Waals surface area contributed by atoms with Crippen molar-refractivity contribution in [2.45, 2.75) is 14.1 Å². The summed E-state index contributed by atoms with van der Waals surface area (Å²) in [6.45, 7) is 0. The number of hydrogen-bond donors (Lipinski definition) is 1. The standard InChI is InChI=1S/C15H11Cl4NOS/c16-11-8-6-10(7-9-11)13(21)20-14(15(17,18)19)22-12-4-2-1-3-5-12/h1-9,14H,(H,20,21). The Morgan fingerprint density at radius 2 is 1.59 bits per heavy atom. The summed E-state index contributed by atoms with van der Waals surface area (Å²) < 4.78 is -1.65. The molecule has 0 bridgehead atoms. The molecule has 1 atom stereocenters. The van der Waals surface area contributed by atoms with Gasteiger partial charge in [-0.3, -0.25) is 4.79 Å². The first kappa shape index (κ1) is 17.8. The number of carbonyl (C=O) groups is 1. The van der Waals surface area contributed by atoms with Gasteiger partial charge in [0.1, 0.15) is 5.37 Å². The van der Waals surface area contributed by atoms with Crippen LogP contribution in [0.3, 0.4) is 0 Å². The van der Waals surface area contributed by atoms with E-state index in [1.165, 1.54) is 11.8 Å². The minimum Gasteiger partial charge on any atom is -0.336 e. The molecule has 0 radical (unpaired) electrons. The van der Waals surface area contributed by atoms with Crippen LogP contribution in [-0.2, 0) is 0 Å². The van der Waals surface area contributed by atoms with Gasteiger partial charge in [-0.15, -0.1) is 0 Å². The fourth-order valence-corrected chi connectivity index (χ4v) is 3.19. The van der Waals surface area contributed by atoms with Crippen molar-refractivity contribution < 1.29 is 4.79 Å². The molecule has 0 spiro atoms. The van der Waals surface area contributed by atoms with Gasteiger partial charge in [-0.2, -0.15) is 0 Å². The third kappa shape index (κ3) is 5.25. The summed E-state index contributed by atoms with van der Waals surface area (Å²) in [5.74, 6) is -0.337. The van der Waals surface area contributed by atoms with Crippen molar-refractivity contribution in [2.75, 3.05) is 0 Å². The van der Waals surface area contributed by atoms with Gasteiger partial charge in [-0.25, -0.2) is 0 Å². The highest BCUT2D eigenvalue weighted by Crippen LogP contribution is 2.39. The highest BCUT2D eigenvalue weighted by atomic mass is 35.6. The summed E-state index contributed by atoms with van der Waals surface area (Å²) in [6, 6.07) is 15.9. The SMILES string of the molecule is O=C(NC(Sc1ccccc1)C(Cl)(Cl)Cl)c1ccc(Cl)cc1. The number of nitrogens with one attached hydrogen (secondary N) is 1. The Morgan fingerprint density at radius 3 is 2.14 bits per heavy atom. The molecule has 0 saturated carbocycles. The second-order valence-corrected chi connectivity index (χ2v) is 8.32. The molecule has 2 aromatic rings. The molecule has 1 amide bonds. The Balaban J connectivity index is 2.13. The van der Waals surface area contributed by atoms with Gasteiger partial charge in [0.05, 0.1) is 0 Å². The van der Waals surface area contributed by atoms with Crippen LogP contribution in [0.4, 0.5) is 0 Å². The van der Waals surface area contributed by atoms with Crippen LogP contribution in [0.5, 0.6) is 0 Å². The third-order valence-corrected chi connectivity index (χ3v) is 5.21. The molecule has 1 N–H and O–H groups in total. The smallest absolute Gasteiger partial charge is 0.252 e. The van der Waals surface area contributed by atoms with E-state index in [1.54, 1.807) is 24.3 Å². The molecule has 0 aliphatic heterocycles. The van der Waals surface area contributed by atoms with E-state index < -0.39 is 9.17 Å². The van der Waals surface area contributed by atoms with Crippen LogP contribution in [0, 0.1) is 0 Å². The second kappa shape index (κ2) is 7.80. The Labute approximate surface area is 153 Å². The van der Waals surface area contributed by atoms with Crippen LogP contribution < -0.4 is 5.32 Å². The summed E-state index contributed by atoms with van der Waals surface area (Å²) >= 11 is 25.0. The molecule has 0 aliphatic rings. The van der Waals surface area contributed by atoms with E-state index in [2.05, 4.69) is 5.32 Å². The van der Waals surface area contributed by atoms with E-state index in [9.17, 15) is 4.79 Å². The lowest BCUT2D eigenvalue weighted by Gasteiger charge is -2.25. The first-order valence-electron chi connectivity index (χ1n) is 6.21. The molecule has 2 rings (SSSR count). The molecular formula is C15H11Cl4NOS. The van der Waals surface area contributed by atoms with Crippen LogP contribution in [-0.4, -0.2) is 15.1 Å². The average molecular weight is 395 g/mol. The van der Waals surface area contributed by atoms with E-state index in [0.29, 0.717) is 10.6 Å². The summed E-state index contributed by atoms with van der Waals surface area (Å²) in [6.07, 6.45) is 0. The van der Waals surface area contributed by atoms with Gasteiger partial charge in [-0.1, -0.05) is 76.4 Å². The third-order valence-electron chi connectivity index (χ3n) is 2.66. The molecule has 116 valence electrons. The van der Waals surface area contributed by atoms with Gasteiger partial charge < -0.3 is 5.32 Å². The normalized spacial score (nSPS) is 12.7. The lowest BCUT2D eigenvalue weighted by atomic mass is 10.2. The molecule has 1 unspecified atom stereocenters. The first-order chi connectivity index (χ1) is 10.4. The minimum atomic E-state index is -1.65. The van der Waals surface area contributed by atoms with E-state index in [4.69, 9.17) is 46.4 Å². The van der Waals surface area contributed by atoms with Gasteiger partial charge >= 0.3 is 0 Å². The lowest BCUT2D eigenvalue weighted by molar-refractivity contribution is 0.0950. The van der Waals surface area contributed by atoms with Crippen molar-refractivity contribution in [3.8, 4) is 0 Å². The molecule has 0 aromatic heterocycles. The number of rotatable bonds is 4. The Bertz CT molecular complexity index is 628. The number of alkyl halides is 3. The predicted molar refractivity (Wildman–Crippen MR) is 95.3 cm³/mol. The van der Waals surface area contributed by atoms with Crippen molar-refractivity contribution in [1.29, 1.82) is 0 Å². The molecule has 2 aromatic carbocycles. The molecule has 7 heteroatoms. The summed E-state index contributed by atoms with van der Waals surface area (Å²) in [4.78, 5) is 13.1. The van der Waals surface area contributed by atoms with Gasteiger partial charge in [-0.05, 0) is 36.4 Å². The van der Waals surface area contributed by atoms with Crippen LogP contribution in [0.2, 0.25) is 5.02 Å². The maximum Gasteiger partial charge on any atom is 0.252 e. The first-order valence-corrected chi connectivity index (χ1v) is 8.60. The van der Waals surface area contributed by atoms with E-state index in [1.807, 2.05) is 30.3 Å². The van der Waals surface area contributed by atoms with Gasteiger partial charge in [0.15, 0.2) is 0 Å². The van der Waals surface area contributed by atoms with E-state index in [-0.39, 0.29) is 5.91 Å². The molecule has 22 heavy (non-hydrogen) atoms. The average Bonchev–Trinajstić information content (AvgIpc) is 2.47. The zero-order valence-corrected chi connectivity index (χ0v) is 14.9. The Morgan fingerprint density at radius 1 is 1.00 bits per heavy atom. The largest absolute Gasteiger partial charge is 0.336 e. The van der Waals surface area contributed by atoms with Gasteiger partial charge in [0.25, 0.3) is 5.91 Å². The Kier molecular flexibility index (Phi) is 6.30. The molecule has 0 saturated heterocycles. The number of benzene rings is 2. The van der Waals surface area contributed by atoms with Crippen LogP contribution in [0.15, 0.2) is 59.5 Å². The number of halogens is 4. The maximum atomic E-state index is 12.3. The second-order valence-electron chi connectivity index (χ2n) is 4.33. The Hall–Kier alpha value is -0.580. The molecular weight excluding hydrogens is 384 g/mol. The molecule has 0 fully saturated rings. The van der Waals surface area contributed by atoms with Crippen molar-refractivity contribution in [3.63, 3.8) is 0 Å². The number of thioether (sulfide) groups is 1. The zero-order chi connectivity index (χ0) is 16.2. The van der Waals surface area contributed by atoms with Crippen molar-refractivity contribution >= 4 is 64.1 Å². The van der Waals surface area contributed by atoms with E-state index in [0.717, 1.165) is 4.90 Å². The van der Waals surface area contributed by atoms with Gasteiger partial charge in [0.2, 0.25) is 3.79 Å². The lowest BCUT2D eigenvalue weighted by Crippen LogP contribution is -2.41. The van der Waals surface area contributed by atoms with Crippen LogP contribution in [0.1, 0.15) is 10.4 Å². The van der Waals surface area contributed by atoms with Crippen molar-refractivity contribution in [2.24, 2.45) is 0 Å².